The molecule has 0 radical (unpaired) electrons. The molecule has 1 N–H and O–H groups in total. The number of aromatic nitrogens is 1. The second kappa shape index (κ2) is 8.85. The van der Waals surface area contributed by atoms with Crippen LogP contribution in [-0.4, -0.2) is 31.7 Å². The van der Waals surface area contributed by atoms with Crippen molar-refractivity contribution >= 4 is 17.2 Å². The van der Waals surface area contributed by atoms with Crippen LogP contribution >= 0.6 is 11.3 Å². The summed E-state index contributed by atoms with van der Waals surface area (Å²) in [5, 5.41) is 4.00. The number of amides is 1. The van der Waals surface area contributed by atoms with Crippen molar-refractivity contribution in [3.8, 4) is 11.5 Å². The maximum Gasteiger partial charge on any atom is 0.263 e. The van der Waals surface area contributed by atoms with Gasteiger partial charge in [-0.05, 0) is 43.0 Å². The first-order valence-corrected chi connectivity index (χ1v) is 9.21. The van der Waals surface area contributed by atoms with E-state index in [1.165, 1.54) is 11.3 Å². The lowest BCUT2D eigenvalue weighted by atomic mass is 10.1. The zero-order valence-electron chi connectivity index (χ0n) is 15.5. The molecule has 25 heavy (non-hydrogen) atoms. The third-order valence-corrected chi connectivity index (χ3v) is 4.98. The summed E-state index contributed by atoms with van der Waals surface area (Å²) in [5.41, 5.74) is 1.81. The van der Waals surface area contributed by atoms with E-state index in [1.807, 2.05) is 25.1 Å². The summed E-state index contributed by atoms with van der Waals surface area (Å²) >= 11 is 1.49. The van der Waals surface area contributed by atoms with Crippen LogP contribution in [0, 0.1) is 12.8 Å². The number of nitrogens with zero attached hydrogens (tertiary/aromatic N) is 1. The molecule has 0 bridgehead atoms. The van der Waals surface area contributed by atoms with Crippen molar-refractivity contribution in [2.24, 2.45) is 5.92 Å². The van der Waals surface area contributed by atoms with Gasteiger partial charge in [-0.25, -0.2) is 4.98 Å². The van der Waals surface area contributed by atoms with Crippen molar-refractivity contribution in [2.45, 2.75) is 33.6 Å². The third-order valence-electron chi connectivity index (χ3n) is 3.80. The number of aryl methyl sites for hydroxylation is 1. The summed E-state index contributed by atoms with van der Waals surface area (Å²) in [6.45, 7) is 6.72. The third kappa shape index (κ3) is 5.19. The molecular weight excluding hydrogens is 336 g/mol. The van der Waals surface area contributed by atoms with Crippen molar-refractivity contribution in [1.82, 2.24) is 10.3 Å². The Kier molecular flexibility index (Phi) is 6.82. The number of benzene rings is 1. The minimum atomic E-state index is -0.0631. The number of methoxy groups -OCH3 is 2. The molecular formula is C19H26N2O3S. The van der Waals surface area contributed by atoms with E-state index in [1.54, 1.807) is 14.2 Å². The lowest BCUT2D eigenvalue weighted by Crippen LogP contribution is -2.25. The van der Waals surface area contributed by atoms with Crippen LogP contribution in [0.4, 0.5) is 0 Å². The van der Waals surface area contributed by atoms with Gasteiger partial charge in [-0.1, -0.05) is 13.8 Å². The molecule has 0 spiro atoms. The molecule has 5 nitrogen and oxygen atoms in total. The van der Waals surface area contributed by atoms with E-state index in [4.69, 9.17) is 9.47 Å². The van der Waals surface area contributed by atoms with Gasteiger partial charge in [0.05, 0.1) is 24.9 Å². The standard InChI is InChI=1S/C19H26N2O3S/c1-12(2)10-17-21-13(3)18(25-17)19(22)20-9-8-14-11-15(23-4)6-7-16(14)24-5/h6-7,11-12H,8-10H2,1-5H3,(H,20,22). The second-order valence-corrected chi connectivity index (χ2v) is 7.39. The SMILES string of the molecule is COc1ccc(OC)c(CCNC(=O)c2sc(CC(C)C)nc2C)c1. The van der Waals surface area contributed by atoms with Crippen LogP contribution < -0.4 is 14.8 Å². The lowest BCUT2D eigenvalue weighted by Gasteiger charge is -2.11. The van der Waals surface area contributed by atoms with Crippen LogP contribution in [-0.2, 0) is 12.8 Å². The molecule has 1 aromatic heterocycles. The molecule has 1 heterocycles. The zero-order valence-corrected chi connectivity index (χ0v) is 16.3. The summed E-state index contributed by atoms with van der Waals surface area (Å²) in [5.74, 6) is 2.04. The van der Waals surface area contributed by atoms with Gasteiger partial charge in [-0.2, -0.15) is 0 Å². The number of hydrogen-bond donors (Lipinski definition) is 1. The molecule has 136 valence electrons. The largest absolute Gasteiger partial charge is 0.497 e. The maximum absolute atomic E-state index is 12.4. The predicted octanol–water partition coefficient (Wildman–Crippen LogP) is 3.64. The number of nitrogens with one attached hydrogen (secondary N) is 1. The highest BCUT2D eigenvalue weighted by molar-refractivity contribution is 7.13. The fourth-order valence-electron chi connectivity index (χ4n) is 2.57. The smallest absolute Gasteiger partial charge is 0.263 e. The Morgan fingerprint density at radius 1 is 1.28 bits per heavy atom. The Hall–Kier alpha value is -2.08. The van der Waals surface area contributed by atoms with E-state index in [2.05, 4.69) is 24.1 Å². The van der Waals surface area contributed by atoms with Crippen molar-refractivity contribution in [2.75, 3.05) is 20.8 Å². The van der Waals surface area contributed by atoms with Gasteiger partial charge < -0.3 is 14.8 Å². The number of hydrogen-bond acceptors (Lipinski definition) is 5. The normalized spacial score (nSPS) is 10.8. The van der Waals surface area contributed by atoms with Crippen molar-refractivity contribution < 1.29 is 14.3 Å². The summed E-state index contributed by atoms with van der Waals surface area (Å²) in [6, 6.07) is 5.67. The molecule has 1 aromatic carbocycles. The van der Waals surface area contributed by atoms with Crippen LogP contribution in [0.3, 0.4) is 0 Å². The lowest BCUT2D eigenvalue weighted by molar-refractivity contribution is 0.0957. The quantitative estimate of drug-likeness (QED) is 0.779. The van der Waals surface area contributed by atoms with E-state index in [9.17, 15) is 4.79 Å². The monoisotopic (exact) mass is 362 g/mol. The van der Waals surface area contributed by atoms with Gasteiger partial charge in [0, 0.05) is 13.0 Å². The molecule has 2 rings (SSSR count). The van der Waals surface area contributed by atoms with Crippen LogP contribution in [0.25, 0.3) is 0 Å². The Bertz CT molecular complexity index is 725. The zero-order chi connectivity index (χ0) is 18.4. The van der Waals surface area contributed by atoms with E-state index in [-0.39, 0.29) is 5.91 Å². The molecule has 0 saturated carbocycles. The topological polar surface area (TPSA) is 60.5 Å². The van der Waals surface area contributed by atoms with Gasteiger partial charge in [0.1, 0.15) is 16.4 Å². The molecule has 2 aromatic rings. The molecule has 0 unspecified atom stereocenters. The fraction of sp³-hybridized carbons (Fsp3) is 0.474. The maximum atomic E-state index is 12.4. The first-order chi connectivity index (χ1) is 11.9. The molecule has 0 aliphatic rings. The van der Waals surface area contributed by atoms with Crippen LogP contribution in [0.1, 0.15) is 39.8 Å². The summed E-state index contributed by atoms with van der Waals surface area (Å²) in [4.78, 5) is 17.6. The molecule has 6 heteroatoms. The van der Waals surface area contributed by atoms with E-state index in [0.29, 0.717) is 23.8 Å². The number of rotatable bonds is 8. The molecule has 0 aliphatic heterocycles. The highest BCUT2D eigenvalue weighted by atomic mass is 32.1. The average molecular weight is 362 g/mol. The van der Waals surface area contributed by atoms with Crippen molar-refractivity contribution in [3.05, 3.63) is 39.3 Å². The Morgan fingerprint density at radius 2 is 2.04 bits per heavy atom. The van der Waals surface area contributed by atoms with Gasteiger partial charge >= 0.3 is 0 Å². The summed E-state index contributed by atoms with van der Waals surface area (Å²) < 4.78 is 10.6. The predicted molar refractivity (Wildman–Crippen MR) is 101 cm³/mol. The fourth-order valence-corrected chi connectivity index (χ4v) is 3.76. The van der Waals surface area contributed by atoms with Crippen molar-refractivity contribution in [3.63, 3.8) is 0 Å². The highest BCUT2D eigenvalue weighted by Gasteiger charge is 2.16. The van der Waals surface area contributed by atoms with Crippen LogP contribution in [0.15, 0.2) is 18.2 Å². The Morgan fingerprint density at radius 3 is 2.68 bits per heavy atom. The molecule has 0 saturated heterocycles. The minimum Gasteiger partial charge on any atom is -0.497 e. The number of ether oxygens (including phenoxy) is 2. The molecule has 0 atom stereocenters. The number of thiazole rings is 1. The van der Waals surface area contributed by atoms with Gasteiger partial charge in [-0.3, -0.25) is 4.79 Å². The molecule has 1 amide bonds. The van der Waals surface area contributed by atoms with Crippen molar-refractivity contribution in [1.29, 1.82) is 0 Å². The first-order valence-electron chi connectivity index (χ1n) is 8.40. The van der Waals surface area contributed by atoms with Gasteiger partial charge in [-0.15, -0.1) is 11.3 Å². The van der Waals surface area contributed by atoms with Crippen LogP contribution in [0.5, 0.6) is 11.5 Å². The van der Waals surface area contributed by atoms with Gasteiger partial charge in [0.15, 0.2) is 0 Å². The van der Waals surface area contributed by atoms with E-state index < -0.39 is 0 Å². The molecule has 0 aliphatic carbocycles. The Labute approximate surface area is 153 Å². The van der Waals surface area contributed by atoms with E-state index >= 15 is 0 Å². The van der Waals surface area contributed by atoms with E-state index in [0.717, 1.165) is 34.2 Å². The number of carbonyl (C=O) groups is 1. The summed E-state index contributed by atoms with van der Waals surface area (Å²) in [7, 11) is 3.27. The summed E-state index contributed by atoms with van der Waals surface area (Å²) in [6.07, 6.45) is 1.57. The molecule has 0 fully saturated rings. The van der Waals surface area contributed by atoms with Gasteiger partial charge in [0.2, 0.25) is 0 Å². The van der Waals surface area contributed by atoms with Crippen LogP contribution in [0.2, 0.25) is 0 Å². The average Bonchev–Trinajstić information content (AvgIpc) is 2.94. The van der Waals surface area contributed by atoms with Gasteiger partial charge in [0.25, 0.3) is 5.91 Å². The first kappa shape index (κ1) is 19.2. The second-order valence-electron chi connectivity index (χ2n) is 6.30. The Balaban J connectivity index is 1.98. The highest BCUT2D eigenvalue weighted by Crippen LogP contribution is 2.24. The number of carbonyl (C=O) groups excluding carboxylic acids is 1. The minimum absolute atomic E-state index is 0.0631.